The molecular weight excluding hydrogens is 227 g/mol. The SMILES string of the molecule is COc1cc(Br)c(C)cc1Cl. The van der Waals surface area contributed by atoms with E-state index in [0.717, 1.165) is 10.0 Å². The second-order valence-corrected chi connectivity index (χ2v) is 3.50. The van der Waals surface area contributed by atoms with E-state index in [-0.39, 0.29) is 0 Å². The van der Waals surface area contributed by atoms with Gasteiger partial charge in [-0.1, -0.05) is 27.5 Å². The predicted molar refractivity (Wildman–Crippen MR) is 50.4 cm³/mol. The first kappa shape index (κ1) is 8.88. The number of methoxy groups -OCH3 is 1. The van der Waals surface area contributed by atoms with E-state index in [0.29, 0.717) is 10.8 Å². The Balaban J connectivity index is 3.21. The first-order valence-electron chi connectivity index (χ1n) is 3.15. The number of hydrogen-bond donors (Lipinski definition) is 0. The number of aryl methyl sites for hydroxylation is 1. The first-order valence-corrected chi connectivity index (χ1v) is 4.32. The van der Waals surface area contributed by atoms with Gasteiger partial charge in [0.25, 0.3) is 0 Å². The molecule has 0 N–H and O–H groups in total. The van der Waals surface area contributed by atoms with E-state index in [9.17, 15) is 0 Å². The molecule has 0 amide bonds. The van der Waals surface area contributed by atoms with Crippen molar-refractivity contribution in [2.75, 3.05) is 7.11 Å². The van der Waals surface area contributed by atoms with E-state index < -0.39 is 0 Å². The molecule has 0 atom stereocenters. The van der Waals surface area contributed by atoms with Crippen LogP contribution < -0.4 is 4.74 Å². The lowest BCUT2D eigenvalue weighted by Gasteiger charge is -2.04. The van der Waals surface area contributed by atoms with Crippen molar-refractivity contribution < 1.29 is 4.74 Å². The number of rotatable bonds is 1. The Morgan fingerprint density at radius 3 is 2.64 bits per heavy atom. The Bertz CT molecular complexity index is 273. The molecule has 1 rings (SSSR count). The summed E-state index contributed by atoms with van der Waals surface area (Å²) in [7, 11) is 1.60. The van der Waals surface area contributed by atoms with Crippen LogP contribution in [-0.2, 0) is 0 Å². The Hall–Kier alpha value is -0.210. The summed E-state index contributed by atoms with van der Waals surface area (Å²) in [5.74, 6) is 0.698. The molecule has 1 nitrogen and oxygen atoms in total. The van der Waals surface area contributed by atoms with Crippen molar-refractivity contribution in [3.8, 4) is 5.75 Å². The maximum absolute atomic E-state index is 5.86. The van der Waals surface area contributed by atoms with Crippen LogP contribution in [0.25, 0.3) is 0 Å². The Morgan fingerprint density at radius 1 is 1.45 bits per heavy atom. The minimum Gasteiger partial charge on any atom is -0.495 e. The Labute approximate surface area is 79.4 Å². The number of halogens is 2. The van der Waals surface area contributed by atoms with Gasteiger partial charge in [0.1, 0.15) is 5.75 Å². The van der Waals surface area contributed by atoms with Crippen LogP contribution in [0.3, 0.4) is 0 Å². The molecule has 0 aliphatic heterocycles. The predicted octanol–water partition coefficient (Wildman–Crippen LogP) is 3.42. The van der Waals surface area contributed by atoms with E-state index in [2.05, 4.69) is 15.9 Å². The Kier molecular flexibility index (Phi) is 2.79. The minimum absolute atomic E-state index is 0.646. The summed E-state index contributed by atoms with van der Waals surface area (Å²) in [5.41, 5.74) is 1.11. The standard InChI is InChI=1S/C8H8BrClO/c1-5-3-7(10)8(11-2)4-6(5)9/h3-4H,1-2H3. The maximum atomic E-state index is 5.86. The third kappa shape index (κ3) is 1.88. The zero-order chi connectivity index (χ0) is 8.43. The fraction of sp³-hybridized carbons (Fsp3) is 0.250. The zero-order valence-electron chi connectivity index (χ0n) is 6.32. The molecular formula is C8H8BrClO. The van der Waals surface area contributed by atoms with Gasteiger partial charge in [-0.2, -0.15) is 0 Å². The molecule has 0 heterocycles. The molecule has 0 radical (unpaired) electrons. The highest BCUT2D eigenvalue weighted by molar-refractivity contribution is 9.10. The lowest BCUT2D eigenvalue weighted by Crippen LogP contribution is -1.85. The summed E-state index contributed by atoms with van der Waals surface area (Å²) in [6, 6.07) is 3.72. The molecule has 0 saturated heterocycles. The lowest BCUT2D eigenvalue weighted by molar-refractivity contribution is 0.414. The van der Waals surface area contributed by atoms with Crippen LogP contribution >= 0.6 is 27.5 Å². The molecule has 0 aromatic heterocycles. The molecule has 0 aliphatic rings. The van der Waals surface area contributed by atoms with Crippen LogP contribution in [0.4, 0.5) is 0 Å². The fourth-order valence-corrected chi connectivity index (χ4v) is 1.40. The quantitative estimate of drug-likeness (QED) is 0.725. The summed E-state index contributed by atoms with van der Waals surface area (Å²) < 4.78 is 6.03. The van der Waals surface area contributed by atoms with Crippen molar-refractivity contribution in [3.05, 3.63) is 27.2 Å². The summed E-state index contributed by atoms with van der Waals surface area (Å²) in [5, 5.41) is 0.646. The third-order valence-electron chi connectivity index (χ3n) is 1.43. The molecule has 0 bridgehead atoms. The van der Waals surface area contributed by atoms with Gasteiger partial charge in [-0.15, -0.1) is 0 Å². The third-order valence-corrected chi connectivity index (χ3v) is 2.58. The maximum Gasteiger partial charge on any atom is 0.138 e. The smallest absolute Gasteiger partial charge is 0.138 e. The molecule has 0 saturated carbocycles. The van der Waals surface area contributed by atoms with Crippen LogP contribution in [0.15, 0.2) is 16.6 Å². The van der Waals surface area contributed by atoms with Crippen molar-refractivity contribution in [1.82, 2.24) is 0 Å². The molecule has 11 heavy (non-hydrogen) atoms. The zero-order valence-corrected chi connectivity index (χ0v) is 8.66. The molecule has 3 heteroatoms. The van der Waals surface area contributed by atoms with Crippen LogP contribution in [0.2, 0.25) is 5.02 Å². The molecule has 1 aromatic carbocycles. The van der Waals surface area contributed by atoms with Crippen molar-refractivity contribution in [3.63, 3.8) is 0 Å². The van der Waals surface area contributed by atoms with Crippen LogP contribution in [0.1, 0.15) is 5.56 Å². The normalized spacial score (nSPS) is 9.82. The van der Waals surface area contributed by atoms with Gasteiger partial charge < -0.3 is 4.74 Å². The lowest BCUT2D eigenvalue weighted by atomic mass is 10.2. The number of ether oxygens (including phenoxy) is 1. The Morgan fingerprint density at radius 2 is 2.09 bits per heavy atom. The second kappa shape index (κ2) is 3.46. The van der Waals surface area contributed by atoms with E-state index in [1.54, 1.807) is 7.11 Å². The summed E-state index contributed by atoms with van der Waals surface area (Å²) >= 11 is 9.24. The molecule has 0 unspecified atom stereocenters. The first-order chi connectivity index (χ1) is 5.15. The van der Waals surface area contributed by atoms with E-state index in [1.807, 2.05) is 19.1 Å². The van der Waals surface area contributed by atoms with Gasteiger partial charge in [0.2, 0.25) is 0 Å². The monoisotopic (exact) mass is 234 g/mol. The molecule has 0 spiro atoms. The van der Waals surface area contributed by atoms with Gasteiger partial charge >= 0.3 is 0 Å². The highest BCUT2D eigenvalue weighted by atomic mass is 79.9. The van der Waals surface area contributed by atoms with Crippen molar-refractivity contribution >= 4 is 27.5 Å². The van der Waals surface area contributed by atoms with Crippen molar-refractivity contribution in [2.45, 2.75) is 6.92 Å². The van der Waals surface area contributed by atoms with E-state index in [1.165, 1.54) is 0 Å². The summed E-state index contributed by atoms with van der Waals surface area (Å²) in [6.07, 6.45) is 0. The summed E-state index contributed by atoms with van der Waals surface area (Å²) in [6.45, 7) is 1.98. The summed E-state index contributed by atoms with van der Waals surface area (Å²) in [4.78, 5) is 0. The molecule has 0 fully saturated rings. The largest absolute Gasteiger partial charge is 0.495 e. The van der Waals surface area contributed by atoms with Crippen LogP contribution in [-0.4, -0.2) is 7.11 Å². The highest BCUT2D eigenvalue weighted by Gasteiger charge is 2.02. The molecule has 0 aliphatic carbocycles. The van der Waals surface area contributed by atoms with Gasteiger partial charge in [-0.05, 0) is 24.6 Å². The van der Waals surface area contributed by atoms with Gasteiger partial charge in [0.15, 0.2) is 0 Å². The van der Waals surface area contributed by atoms with Crippen molar-refractivity contribution in [2.24, 2.45) is 0 Å². The van der Waals surface area contributed by atoms with E-state index in [4.69, 9.17) is 16.3 Å². The van der Waals surface area contributed by atoms with Gasteiger partial charge in [-0.3, -0.25) is 0 Å². The fourth-order valence-electron chi connectivity index (χ4n) is 0.784. The second-order valence-electron chi connectivity index (χ2n) is 2.24. The topological polar surface area (TPSA) is 9.23 Å². The number of hydrogen-bond acceptors (Lipinski definition) is 1. The molecule has 60 valence electrons. The van der Waals surface area contributed by atoms with Crippen LogP contribution in [0, 0.1) is 6.92 Å². The van der Waals surface area contributed by atoms with Crippen molar-refractivity contribution in [1.29, 1.82) is 0 Å². The van der Waals surface area contributed by atoms with Gasteiger partial charge in [0.05, 0.1) is 12.1 Å². The van der Waals surface area contributed by atoms with Gasteiger partial charge in [-0.25, -0.2) is 0 Å². The highest BCUT2D eigenvalue weighted by Crippen LogP contribution is 2.30. The average Bonchev–Trinajstić information content (AvgIpc) is 1.97. The van der Waals surface area contributed by atoms with Gasteiger partial charge in [0, 0.05) is 4.47 Å². The number of benzene rings is 1. The van der Waals surface area contributed by atoms with E-state index >= 15 is 0 Å². The average molecular weight is 236 g/mol. The minimum atomic E-state index is 0.646. The van der Waals surface area contributed by atoms with Crippen LogP contribution in [0.5, 0.6) is 5.75 Å². The molecule has 1 aromatic rings.